The van der Waals surface area contributed by atoms with Crippen LogP contribution in [-0.4, -0.2) is 0 Å². The van der Waals surface area contributed by atoms with Crippen molar-refractivity contribution < 1.29 is 0 Å². The minimum absolute atomic E-state index is 0.284. The van der Waals surface area contributed by atoms with Crippen LogP contribution < -0.4 is 0 Å². The van der Waals surface area contributed by atoms with E-state index in [4.69, 9.17) is 0 Å². The summed E-state index contributed by atoms with van der Waals surface area (Å²) in [7, 11) is 0. The van der Waals surface area contributed by atoms with E-state index in [0.717, 1.165) is 0 Å². The van der Waals surface area contributed by atoms with Crippen molar-refractivity contribution in [2.75, 3.05) is 0 Å². The maximum atomic E-state index is 3.40. The summed E-state index contributed by atoms with van der Waals surface area (Å²) in [5.41, 5.74) is 4.22. The summed E-state index contributed by atoms with van der Waals surface area (Å²) in [5, 5.41) is 0. The Morgan fingerprint density at radius 2 is 1.38 bits per heavy atom. The molecule has 16 heavy (non-hydrogen) atoms. The molecule has 4 rings (SSSR count). The Morgan fingerprint density at radius 3 is 1.62 bits per heavy atom. The lowest BCUT2D eigenvalue weighted by Crippen LogP contribution is -1.97. The van der Waals surface area contributed by atoms with Crippen LogP contribution in [0.4, 0.5) is 0 Å². The number of benzene rings is 2. The Bertz CT molecular complexity index is 425. The van der Waals surface area contributed by atoms with Crippen molar-refractivity contribution in [2.45, 2.75) is 10.2 Å². The van der Waals surface area contributed by atoms with Crippen molar-refractivity contribution in [1.29, 1.82) is 0 Å². The van der Waals surface area contributed by atoms with Gasteiger partial charge in [-0.1, -0.05) is 86.5 Å². The molecule has 2 aromatic carbocycles. The molecule has 0 amide bonds. The smallest absolute Gasteiger partial charge is 0.0712 e. The largest absolute Gasteiger partial charge is 0.0946 e. The van der Waals surface area contributed by atoms with E-state index in [9.17, 15) is 0 Å². The van der Waals surface area contributed by atoms with Crippen LogP contribution in [0.15, 0.2) is 54.6 Å². The van der Waals surface area contributed by atoms with E-state index in [1.807, 2.05) is 18.2 Å². The van der Waals surface area contributed by atoms with Crippen molar-refractivity contribution in [3.63, 3.8) is 0 Å². The highest BCUT2D eigenvalue weighted by Crippen LogP contribution is 2.28. The zero-order valence-electron chi connectivity index (χ0n) is 8.74. The lowest BCUT2D eigenvalue weighted by atomic mass is 9.94. The topological polar surface area (TPSA) is 0 Å². The molecular weight excluding hydrogens is 328 g/mol. The zero-order valence-corrected chi connectivity index (χ0v) is 11.9. The first-order valence-corrected chi connectivity index (χ1v) is 7.00. The molecule has 0 spiro atoms. The lowest BCUT2D eigenvalue weighted by molar-refractivity contribution is 1.09. The minimum Gasteiger partial charge on any atom is -0.0712 e. The molecule has 2 bridgehead atoms. The number of rotatable bonds is 1. The second-order valence-electron chi connectivity index (χ2n) is 3.71. The SMILES string of the molecule is BrC(Br)c1ccccc1.c1cc2cc(c1)C2. The van der Waals surface area contributed by atoms with Gasteiger partial charge in [0.15, 0.2) is 0 Å². The molecule has 2 aromatic rings. The van der Waals surface area contributed by atoms with Gasteiger partial charge in [0.2, 0.25) is 0 Å². The van der Waals surface area contributed by atoms with Gasteiger partial charge in [-0.05, 0) is 23.1 Å². The zero-order chi connectivity index (χ0) is 11.4. The molecule has 0 atom stereocenters. The molecule has 0 aromatic heterocycles. The molecular formula is C14H12Br2. The first-order valence-electron chi connectivity index (χ1n) is 5.16. The molecule has 0 aliphatic heterocycles. The molecule has 2 aliphatic rings. The first kappa shape index (κ1) is 11.9. The van der Waals surface area contributed by atoms with Gasteiger partial charge < -0.3 is 0 Å². The molecule has 0 fully saturated rings. The molecule has 0 radical (unpaired) electrons. The standard InChI is InChI=1S/C7H6Br2.C7H6/c8-7(9)6-4-2-1-3-5-6;1-2-6-4-7(3-1)5-6/h1-5,7H;1-4H,5H2. The maximum absolute atomic E-state index is 3.40. The highest BCUT2D eigenvalue weighted by molar-refractivity contribution is 9.24. The summed E-state index contributed by atoms with van der Waals surface area (Å²) in [4.78, 5) is 0. The summed E-state index contributed by atoms with van der Waals surface area (Å²) in [6.45, 7) is 0. The fourth-order valence-corrected chi connectivity index (χ4v) is 2.16. The molecule has 0 saturated carbocycles. The van der Waals surface area contributed by atoms with E-state index in [1.165, 1.54) is 23.1 Å². The van der Waals surface area contributed by atoms with Crippen molar-refractivity contribution in [1.82, 2.24) is 0 Å². The van der Waals surface area contributed by atoms with Gasteiger partial charge in [0, 0.05) is 0 Å². The van der Waals surface area contributed by atoms with Crippen LogP contribution in [0, 0.1) is 0 Å². The average Bonchev–Trinajstić information content (AvgIpc) is 2.31. The Morgan fingerprint density at radius 1 is 0.812 bits per heavy atom. The predicted octanol–water partition coefficient (Wildman–Crippen LogP) is 5.07. The van der Waals surface area contributed by atoms with E-state index < -0.39 is 0 Å². The van der Waals surface area contributed by atoms with E-state index in [1.54, 1.807) is 0 Å². The van der Waals surface area contributed by atoms with Crippen molar-refractivity contribution in [3.8, 4) is 0 Å². The molecule has 0 heterocycles. The van der Waals surface area contributed by atoms with E-state index in [0.29, 0.717) is 0 Å². The summed E-state index contributed by atoms with van der Waals surface area (Å²) in [6, 6.07) is 18.8. The van der Waals surface area contributed by atoms with Crippen LogP contribution in [0.25, 0.3) is 0 Å². The van der Waals surface area contributed by atoms with Gasteiger partial charge >= 0.3 is 0 Å². The van der Waals surface area contributed by atoms with Gasteiger partial charge in [-0.15, -0.1) is 0 Å². The van der Waals surface area contributed by atoms with Crippen LogP contribution >= 0.6 is 31.9 Å². The normalized spacial score (nSPS) is 11.4. The second kappa shape index (κ2) is 5.65. The third-order valence-electron chi connectivity index (χ3n) is 2.45. The van der Waals surface area contributed by atoms with Crippen LogP contribution in [-0.2, 0) is 6.42 Å². The quantitative estimate of drug-likeness (QED) is 0.543. The van der Waals surface area contributed by atoms with E-state index in [-0.39, 0.29) is 3.74 Å². The molecule has 2 heteroatoms. The maximum Gasteiger partial charge on any atom is 0.0946 e. The molecule has 0 unspecified atom stereocenters. The number of hydrogen-bond acceptors (Lipinski definition) is 0. The number of alkyl halides is 2. The Labute approximate surface area is 113 Å². The average molecular weight is 340 g/mol. The Hall–Kier alpha value is -0.600. The van der Waals surface area contributed by atoms with E-state index >= 15 is 0 Å². The highest BCUT2D eigenvalue weighted by Gasteiger charge is 2.04. The first-order chi connectivity index (χ1) is 7.75. The minimum atomic E-state index is 0.284. The van der Waals surface area contributed by atoms with Crippen LogP contribution in [0.5, 0.6) is 0 Å². The van der Waals surface area contributed by atoms with Gasteiger partial charge in [-0.2, -0.15) is 0 Å². The summed E-state index contributed by atoms with van der Waals surface area (Å²) in [5.74, 6) is 0. The highest BCUT2D eigenvalue weighted by atomic mass is 79.9. The Balaban J connectivity index is 0.000000123. The fraction of sp³-hybridized carbons (Fsp3) is 0.143. The molecule has 0 N–H and O–H groups in total. The van der Waals surface area contributed by atoms with Crippen molar-refractivity contribution in [3.05, 3.63) is 71.3 Å². The third kappa shape index (κ3) is 3.19. The van der Waals surface area contributed by atoms with Gasteiger partial charge in [0.1, 0.15) is 0 Å². The molecule has 2 aliphatic carbocycles. The second-order valence-corrected chi connectivity index (χ2v) is 6.77. The summed E-state index contributed by atoms with van der Waals surface area (Å²) >= 11 is 6.80. The van der Waals surface area contributed by atoms with Crippen LogP contribution in [0.3, 0.4) is 0 Å². The molecule has 0 nitrogen and oxygen atoms in total. The van der Waals surface area contributed by atoms with Crippen LogP contribution in [0.2, 0.25) is 0 Å². The lowest BCUT2D eigenvalue weighted by Gasteiger charge is -2.11. The number of halogens is 2. The van der Waals surface area contributed by atoms with Gasteiger partial charge in [-0.3, -0.25) is 0 Å². The summed E-state index contributed by atoms with van der Waals surface area (Å²) in [6.07, 6.45) is 1.22. The Kier molecular flexibility index (Phi) is 4.19. The van der Waals surface area contributed by atoms with Crippen molar-refractivity contribution >= 4 is 31.9 Å². The third-order valence-corrected chi connectivity index (χ3v) is 3.51. The van der Waals surface area contributed by atoms with Crippen LogP contribution in [0.1, 0.15) is 20.4 Å². The molecule has 82 valence electrons. The van der Waals surface area contributed by atoms with Crippen molar-refractivity contribution in [2.24, 2.45) is 0 Å². The predicted molar refractivity (Wildman–Crippen MR) is 76.3 cm³/mol. The fourth-order valence-electron chi connectivity index (χ4n) is 1.55. The van der Waals surface area contributed by atoms with E-state index in [2.05, 4.69) is 68.3 Å². The summed E-state index contributed by atoms with van der Waals surface area (Å²) < 4.78 is 0.284. The number of hydrogen-bond donors (Lipinski definition) is 0. The van der Waals surface area contributed by atoms with Gasteiger partial charge in [0.25, 0.3) is 0 Å². The van der Waals surface area contributed by atoms with Gasteiger partial charge in [-0.25, -0.2) is 0 Å². The van der Waals surface area contributed by atoms with Gasteiger partial charge in [0.05, 0.1) is 3.74 Å². The monoisotopic (exact) mass is 338 g/mol. The molecule has 0 saturated heterocycles. The number of fused-ring (bicyclic) bond motifs is 2.